The number of methoxy groups -OCH3 is 1. The Morgan fingerprint density at radius 3 is 2.38 bits per heavy atom. The number of sulfonamides is 1. The Morgan fingerprint density at radius 2 is 1.83 bits per heavy atom. The van der Waals surface area contributed by atoms with Crippen molar-refractivity contribution in [1.29, 1.82) is 0 Å². The summed E-state index contributed by atoms with van der Waals surface area (Å²) in [5.41, 5.74) is 1.01. The predicted octanol–water partition coefficient (Wildman–Crippen LogP) is 3.64. The number of ether oxygens (including phenoxy) is 2. The summed E-state index contributed by atoms with van der Waals surface area (Å²) in [6.45, 7) is 0.0140. The number of nitro groups is 1. The molecule has 0 aliphatic rings. The van der Waals surface area contributed by atoms with Crippen molar-refractivity contribution in [2.45, 2.75) is 31.9 Å². The molecule has 0 N–H and O–H groups in total. The van der Waals surface area contributed by atoms with Crippen LogP contribution in [0.15, 0.2) is 35.2 Å². The van der Waals surface area contributed by atoms with Crippen molar-refractivity contribution in [2.75, 3.05) is 14.2 Å². The third-order valence-corrected chi connectivity index (χ3v) is 6.28. The molecule has 0 aromatic heterocycles. The molecule has 0 heterocycles. The molecule has 0 aliphatic heterocycles. The molecule has 0 fully saturated rings. The van der Waals surface area contributed by atoms with Gasteiger partial charge in [0.05, 0.1) is 16.9 Å². The molecule has 0 saturated heterocycles. The normalized spacial score (nSPS) is 11.7. The Balaban J connectivity index is 2.37. The summed E-state index contributed by atoms with van der Waals surface area (Å²) in [5, 5.41) is 11.1. The molecular weight excluding hydrogens is 410 g/mol. The number of benzene rings is 2. The zero-order chi connectivity index (χ0) is 21.9. The van der Waals surface area contributed by atoms with Gasteiger partial charge in [0.15, 0.2) is 11.5 Å². The van der Waals surface area contributed by atoms with Crippen LogP contribution in [0.1, 0.15) is 16.7 Å². The van der Waals surface area contributed by atoms with Crippen LogP contribution in [0.2, 0.25) is 0 Å². The summed E-state index contributed by atoms with van der Waals surface area (Å²) in [6, 6.07) is 6.39. The van der Waals surface area contributed by atoms with Gasteiger partial charge in [-0.2, -0.15) is 13.1 Å². The highest BCUT2D eigenvalue weighted by molar-refractivity contribution is 7.89. The van der Waals surface area contributed by atoms with Gasteiger partial charge in [-0.1, -0.05) is 6.07 Å². The number of nitrogens with zero attached hydrogens (tertiary/aromatic N) is 2. The zero-order valence-electron chi connectivity index (χ0n) is 16.2. The largest absolute Gasteiger partial charge is 0.493 e. The van der Waals surface area contributed by atoms with Crippen LogP contribution in [0.4, 0.5) is 14.5 Å². The number of non-ortho nitro benzene ring substituents is 1. The molecule has 0 radical (unpaired) electrons. The van der Waals surface area contributed by atoms with Crippen molar-refractivity contribution in [3.8, 4) is 11.5 Å². The van der Waals surface area contributed by atoms with E-state index in [2.05, 4.69) is 4.74 Å². The molecule has 8 nitrogen and oxygen atoms in total. The fourth-order valence-electron chi connectivity index (χ4n) is 2.70. The smallest absolute Gasteiger partial charge is 0.387 e. The summed E-state index contributed by atoms with van der Waals surface area (Å²) in [5.74, 6) is -0.155. The summed E-state index contributed by atoms with van der Waals surface area (Å²) >= 11 is 0. The zero-order valence-corrected chi connectivity index (χ0v) is 17.0. The molecule has 0 bridgehead atoms. The molecule has 0 spiro atoms. The van der Waals surface area contributed by atoms with Crippen LogP contribution in [0.3, 0.4) is 0 Å². The van der Waals surface area contributed by atoms with Crippen LogP contribution in [0.5, 0.6) is 11.5 Å². The second kappa shape index (κ2) is 8.70. The van der Waals surface area contributed by atoms with E-state index in [-0.39, 0.29) is 28.6 Å². The average Bonchev–Trinajstić information content (AvgIpc) is 2.64. The van der Waals surface area contributed by atoms with E-state index in [1.807, 2.05) is 0 Å². The first-order valence-electron chi connectivity index (χ1n) is 8.31. The Morgan fingerprint density at radius 1 is 1.17 bits per heavy atom. The minimum Gasteiger partial charge on any atom is -0.493 e. The Kier molecular flexibility index (Phi) is 6.75. The fourth-order valence-corrected chi connectivity index (χ4v) is 4.17. The maximum absolute atomic E-state index is 13.0. The second-order valence-electron chi connectivity index (χ2n) is 6.27. The van der Waals surface area contributed by atoms with Crippen LogP contribution in [0.25, 0.3) is 0 Å². The minimum absolute atomic E-state index is 0.0240. The highest BCUT2D eigenvalue weighted by Crippen LogP contribution is 2.31. The van der Waals surface area contributed by atoms with Crippen molar-refractivity contribution < 1.29 is 31.6 Å². The molecule has 2 rings (SSSR count). The number of halogens is 2. The predicted molar refractivity (Wildman–Crippen MR) is 101 cm³/mol. The van der Waals surface area contributed by atoms with Crippen molar-refractivity contribution in [3.63, 3.8) is 0 Å². The third-order valence-electron chi connectivity index (χ3n) is 4.35. The highest BCUT2D eigenvalue weighted by atomic mass is 32.2. The maximum atomic E-state index is 13.0. The van der Waals surface area contributed by atoms with Crippen molar-refractivity contribution in [1.82, 2.24) is 4.31 Å². The first-order valence-corrected chi connectivity index (χ1v) is 9.75. The maximum Gasteiger partial charge on any atom is 0.387 e. The van der Waals surface area contributed by atoms with Crippen LogP contribution in [-0.2, 0) is 16.6 Å². The van der Waals surface area contributed by atoms with Gasteiger partial charge in [0.1, 0.15) is 0 Å². The molecule has 0 unspecified atom stereocenters. The lowest BCUT2D eigenvalue weighted by Crippen LogP contribution is -2.27. The fraction of sp³-hybridized carbons (Fsp3) is 0.333. The van der Waals surface area contributed by atoms with E-state index >= 15 is 0 Å². The average molecular weight is 430 g/mol. The minimum atomic E-state index is -4.06. The van der Waals surface area contributed by atoms with Crippen LogP contribution in [0, 0.1) is 24.0 Å². The monoisotopic (exact) mass is 430 g/mol. The quantitative estimate of drug-likeness (QED) is 0.468. The van der Waals surface area contributed by atoms with Crippen molar-refractivity contribution >= 4 is 15.7 Å². The number of rotatable bonds is 8. The van der Waals surface area contributed by atoms with E-state index in [1.54, 1.807) is 13.8 Å². The van der Waals surface area contributed by atoms with E-state index in [9.17, 15) is 27.3 Å². The lowest BCUT2D eigenvalue weighted by molar-refractivity contribution is -0.385. The van der Waals surface area contributed by atoms with E-state index in [0.29, 0.717) is 16.7 Å². The first kappa shape index (κ1) is 22.5. The molecular formula is C18H20F2N2O6S. The van der Waals surface area contributed by atoms with E-state index in [1.165, 1.54) is 38.4 Å². The Hall–Kier alpha value is -2.79. The molecule has 0 aliphatic carbocycles. The van der Waals surface area contributed by atoms with Crippen molar-refractivity contribution in [2.24, 2.45) is 0 Å². The van der Waals surface area contributed by atoms with Gasteiger partial charge in [0, 0.05) is 25.7 Å². The van der Waals surface area contributed by atoms with Crippen molar-refractivity contribution in [3.05, 3.63) is 57.1 Å². The van der Waals surface area contributed by atoms with Gasteiger partial charge in [0.2, 0.25) is 10.0 Å². The van der Waals surface area contributed by atoms with Gasteiger partial charge in [-0.15, -0.1) is 0 Å². The van der Waals surface area contributed by atoms with Crippen LogP contribution >= 0.6 is 0 Å². The summed E-state index contributed by atoms with van der Waals surface area (Å²) in [6.07, 6.45) is 0. The lowest BCUT2D eigenvalue weighted by Gasteiger charge is -2.20. The molecule has 0 amide bonds. The SMILES string of the molecule is COc1cc(CN(C)S(=O)(=O)c2cc([N+](=O)[O-])cc(C)c2C)ccc1OC(F)F. The number of hydrogen-bond donors (Lipinski definition) is 0. The van der Waals surface area contributed by atoms with Crippen LogP contribution < -0.4 is 9.47 Å². The molecule has 158 valence electrons. The molecule has 29 heavy (non-hydrogen) atoms. The van der Waals surface area contributed by atoms with Gasteiger partial charge in [0.25, 0.3) is 5.69 Å². The highest BCUT2D eigenvalue weighted by Gasteiger charge is 2.27. The standard InChI is InChI=1S/C18H20F2N2O6S/c1-11-7-14(22(23)24)9-17(12(11)2)29(25,26)21(3)10-13-5-6-15(28-18(19)20)16(8-13)27-4/h5-9,18H,10H2,1-4H3. The summed E-state index contributed by atoms with van der Waals surface area (Å²) in [7, 11) is -1.47. The summed E-state index contributed by atoms with van der Waals surface area (Å²) < 4.78 is 61.2. The molecule has 11 heteroatoms. The van der Waals surface area contributed by atoms with Gasteiger partial charge in [-0.25, -0.2) is 8.42 Å². The number of aryl methyl sites for hydroxylation is 1. The Bertz CT molecular complexity index is 1030. The lowest BCUT2D eigenvalue weighted by atomic mass is 10.1. The number of hydrogen-bond acceptors (Lipinski definition) is 6. The van der Waals surface area contributed by atoms with E-state index in [4.69, 9.17) is 4.74 Å². The van der Waals surface area contributed by atoms with E-state index in [0.717, 1.165) is 10.4 Å². The summed E-state index contributed by atoms with van der Waals surface area (Å²) in [4.78, 5) is 10.3. The first-order chi connectivity index (χ1) is 13.5. The van der Waals surface area contributed by atoms with Crippen LogP contribution in [-0.4, -0.2) is 38.4 Å². The second-order valence-corrected chi connectivity index (χ2v) is 8.28. The Labute approximate surface area is 166 Å². The molecule has 2 aromatic rings. The number of nitro benzene ring substituents is 1. The topological polar surface area (TPSA) is 99.0 Å². The van der Waals surface area contributed by atoms with E-state index < -0.39 is 21.6 Å². The number of alkyl halides is 2. The molecule has 0 saturated carbocycles. The molecule has 0 atom stereocenters. The van der Waals surface area contributed by atoms with Gasteiger partial charge < -0.3 is 9.47 Å². The van der Waals surface area contributed by atoms with Gasteiger partial charge in [-0.3, -0.25) is 10.1 Å². The van der Waals surface area contributed by atoms with Gasteiger partial charge >= 0.3 is 6.61 Å². The van der Waals surface area contributed by atoms with Gasteiger partial charge in [-0.05, 0) is 42.7 Å². The third kappa shape index (κ3) is 4.98. The molecule has 2 aromatic carbocycles.